The van der Waals surface area contributed by atoms with E-state index in [-0.39, 0.29) is 73.9 Å². The Balaban J connectivity index is -0.000000727. The van der Waals surface area contributed by atoms with Crippen molar-refractivity contribution in [2.24, 2.45) is 0 Å². The van der Waals surface area contributed by atoms with E-state index in [1.807, 2.05) is 0 Å². The van der Waals surface area contributed by atoms with E-state index in [4.69, 9.17) is 0 Å². The number of aliphatic carboxylic acids is 2. The summed E-state index contributed by atoms with van der Waals surface area (Å²) in [5, 5.41) is 40.1. The van der Waals surface area contributed by atoms with E-state index < -0.39 is 11.9 Å². The van der Waals surface area contributed by atoms with E-state index in [9.17, 15) is 30.0 Å². The average Bonchev–Trinajstić information content (AvgIpc) is 2.95. The molecule has 0 aromatic carbocycles. The molecule has 0 aromatic heterocycles. The standard InChI is InChI=1S/2C18H36O3.Ba/c2*1-2-3-4-11-14-17(19)15-12-9-7-5-6-8-10-13-16-18(20)21;/h2*17,19H,2-16H2,1H3,(H,20,21);/q;;+2/p-2. The Bertz CT molecular complexity index is 512. The van der Waals surface area contributed by atoms with Crippen molar-refractivity contribution in [2.45, 2.75) is 219 Å². The van der Waals surface area contributed by atoms with Crippen LogP contribution in [0.4, 0.5) is 0 Å². The van der Waals surface area contributed by atoms with Crippen molar-refractivity contribution in [3.8, 4) is 0 Å². The summed E-state index contributed by atoms with van der Waals surface area (Å²) in [6, 6.07) is 0. The van der Waals surface area contributed by atoms with Crippen molar-refractivity contribution in [3.63, 3.8) is 0 Å². The number of carboxylic acid groups (broad SMARTS) is 2. The third-order valence-corrected chi connectivity index (χ3v) is 8.12. The van der Waals surface area contributed by atoms with Crippen LogP contribution in [0.25, 0.3) is 0 Å². The summed E-state index contributed by atoms with van der Waals surface area (Å²) in [7, 11) is 0. The summed E-state index contributed by atoms with van der Waals surface area (Å²) in [5.41, 5.74) is 0. The number of hydrogen-bond acceptors (Lipinski definition) is 6. The van der Waals surface area contributed by atoms with Gasteiger partial charge >= 0.3 is 48.9 Å². The quantitative estimate of drug-likeness (QED) is 0.0544. The molecule has 252 valence electrons. The van der Waals surface area contributed by atoms with E-state index in [1.54, 1.807) is 0 Å². The Morgan fingerprint density at radius 2 is 0.628 bits per heavy atom. The maximum atomic E-state index is 10.2. The van der Waals surface area contributed by atoms with Gasteiger partial charge in [-0.2, -0.15) is 0 Å². The molecule has 0 spiro atoms. The topological polar surface area (TPSA) is 121 Å². The van der Waals surface area contributed by atoms with E-state index in [2.05, 4.69) is 13.8 Å². The number of carbonyl (C=O) groups excluding carboxylic acids is 2. The summed E-state index contributed by atoms with van der Waals surface area (Å²) in [6.07, 6.45) is 31.8. The van der Waals surface area contributed by atoms with Gasteiger partial charge in [0.25, 0.3) is 0 Å². The predicted molar refractivity (Wildman–Crippen MR) is 178 cm³/mol. The summed E-state index contributed by atoms with van der Waals surface area (Å²) in [5.74, 6) is -1.86. The molecule has 0 aliphatic rings. The molecule has 2 N–H and O–H groups in total. The zero-order valence-electron chi connectivity index (χ0n) is 28.6. The minimum absolute atomic E-state index is 0. The maximum Gasteiger partial charge on any atom is 2.00 e. The van der Waals surface area contributed by atoms with Crippen LogP contribution in [0.1, 0.15) is 206 Å². The SMILES string of the molecule is CCCCCCC(O)CCCCCCCCCCC(=O)[O-].CCCCCCC(O)CCCCCCCCCCC(=O)[O-].[Ba+2]. The number of carbonyl (C=O) groups is 2. The van der Waals surface area contributed by atoms with Crippen molar-refractivity contribution in [1.29, 1.82) is 0 Å². The van der Waals surface area contributed by atoms with Gasteiger partial charge in [0.1, 0.15) is 0 Å². The average molecular weight is 736 g/mol. The zero-order chi connectivity index (χ0) is 31.5. The third kappa shape index (κ3) is 47.0. The number of aliphatic hydroxyl groups is 2. The van der Waals surface area contributed by atoms with Crippen LogP contribution in [-0.4, -0.2) is 83.2 Å². The Morgan fingerprint density at radius 1 is 0.419 bits per heavy atom. The molecule has 0 heterocycles. The Labute approximate surface area is 307 Å². The van der Waals surface area contributed by atoms with E-state index in [0.717, 1.165) is 77.0 Å². The van der Waals surface area contributed by atoms with Crippen molar-refractivity contribution < 1.29 is 30.0 Å². The van der Waals surface area contributed by atoms with Gasteiger partial charge in [-0.1, -0.05) is 155 Å². The monoisotopic (exact) mass is 736 g/mol. The zero-order valence-corrected chi connectivity index (χ0v) is 33.0. The van der Waals surface area contributed by atoms with Crippen molar-refractivity contribution in [2.75, 3.05) is 0 Å². The molecule has 2 atom stereocenters. The normalized spacial score (nSPS) is 12.2. The first-order valence-electron chi connectivity index (χ1n) is 18.1. The summed E-state index contributed by atoms with van der Waals surface area (Å²) >= 11 is 0. The van der Waals surface area contributed by atoms with Crippen LogP contribution in [0.2, 0.25) is 0 Å². The van der Waals surface area contributed by atoms with E-state index in [1.165, 1.54) is 103 Å². The van der Waals surface area contributed by atoms with Crippen LogP contribution in [0.3, 0.4) is 0 Å². The molecule has 0 rings (SSSR count). The second kappa shape index (κ2) is 40.5. The van der Waals surface area contributed by atoms with Crippen molar-refractivity contribution >= 4 is 60.8 Å². The first-order chi connectivity index (χ1) is 20.3. The molecule has 0 saturated heterocycles. The predicted octanol–water partition coefficient (Wildman–Crippen LogP) is 7.56. The molecule has 2 unspecified atom stereocenters. The second-order valence-electron chi connectivity index (χ2n) is 12.5. The van der Waals surface area contributed by atoms with Crippen LogP contribution in [0.5, 0.6) is 0 Å². The Kier molecular flexibility index (Phi) is 45.0. The molecule has 0 fully saturated rings. The first-order valence-corrected chi connectivity index (χ1v) is 18.1. The van der Waals surface area contributed by atoms with Gasteiger partial charge in [-0.25, -0.2) is 0 Å². The fraction of sp³-hybridized carbons (Fsp3) is 0.944. The molecular formula is C36H70BaO6. The number of rotatable bonds is 32. The number of aliphatic hydroxyl groups excluding tert-OH is 2. The van der Waals surface area contributed by atoms with E-state index in [0.29, 0.717) is 0 Å². The summed E-state index contributed by atoms with van der Waals surface area (Å²) in [6.45, 7) is 4.42. The summed E-state index contributed by atoms with van der Waals surface area (Å²) in [4.78, 5) is 20.5. The molecule has 0 aliphatic heterocycles. The van der Waals surface area contributed by atoms with Crippen LogP contribution >= 0.6 is 0 Å². The molecule has 43 heavy (non-hydrogen) atoms. The molecule has 0 amide bonds. The van der Waals surface area contributed by atoms with Gasteiger partial charge in [0.05, 0.1) is 12.2 Å². The third-order valence-electron chi connectivity index (χ3n) is 8.12. The first kappa shape index (κ1) is 47.8. The minimum Gasteiger partial charge on any atom is -0.550 e. The van der Waals surface area contributed by atoms with Gasteiger partial charge in [0.2, 0.25) is 0 Å². The molecule has 0 aromatic rings. The van der Waals surface area contributed by atoms with Crippen molar-refractivity contribution in [1.82, 2.24) is 0 Å². The molecule has 0 aliphatic carbocycles. The van der Waals surface area contributed by atoms with Gasteiger partial charge in [0, 0.05) is 11.9 Å². The van der Waals surface area contributed by atoms with Gasteiger partial charge in [0.15, 0.2) is 0 Å². The molecule has 6 nitrogen and oxygen atoms in total. The van der Waals surface area contributed by atoms with Crippen LogP contribution in [-0.2, 0) is 9.59 Å². The van der Waals surface area contributed by atoms with Gasteiger partial charge in [-0.3, -0.25) is 0 Å². The molecule has 0 bridgehead atoms. The second-order valence-corrected chi connectivity index (χ2v) is 12.5. The van der Waals surface area contributed by atoms with E-state index >= 15 is 0 Å². The smallest absolute Gasteiger partial charge is 0.550 e. The van der Waals surface area contributed by atoms with Crippen LogP contribution in [0, 0.1) is 0 Å². The Morgan fingerprint density at radius 3 is 0.860 bits per heavy atom. The number of unbranched alkanes of at least 4 members (excludes halogenated alkanes) is 20. The summed E-state index contributed by atoms with van der Waals surface area (Å²) < 4.78 is 0. The molecular weight excluding hydrogens is 666 g/mol. The number of carboxylic acids is 2. The largest absolute Gasteiger partial charge is 2.00 e. The fourth-order valence-electron chi connectivity index (χ4n) is 5.32. The maximum absolute atomic E-state index is 10.2. The van der Waals surface area contributed by atoms with Gasteiger partial charge in [-0.05, 0) is 51.4 Å². The minimum atomic E-state index is -0.928. The van der Waals surface area contributed by atoms with Gasteiger partial charge in [-0.15, -0.1) is 0 Å². The number of hydrogen-bond donors (Lipinski definition) is 2. The van der Waals surface area contributed by atoms with Crippen LogP contribution < -0.4 is 10.2 Å². The molecule has 7 heteroatoms. The molecule has 0 radical (unpaired) electrons. The molecule has 0 saturated carbocycles. The fourth-order valence-corrected chi connectivity index (χ4v) is 5.32. The van der Waals surface area contributed by atoms with Crippen LogP contribution in [0.15, 0.2) is 0 Å². The van der Waals surface area contributed by atoms with Gasteiger partial charge < -0.3 is 30.0 Å². The van der Waals surface area contributed by atoms with Crippen molar-refractivity contribution in [3.05, 3.63) is 0 Å². The Hall–Kier alpha value is 0.431.